The van der Waals surface area contributed by atoms with Gasteiger partial charge < -0.3 is 5.11 Å². The lowest BCUT2D eigenvalue weighted by Crippen LogP contribution is -2.34. The van der Waals surface area contributed by atoms with Crippen LogP contribution < -0.4 is 0 Å². The third kappa shape index (κ3) is 1.44. The molecule has 1 unspecified atom stereocenters. The molecule has 12 heavy (non-hydrogen) atoms. The number of allylic oxidation sites excluding steroid dienone is 1. The van der Waals surface area contributed by atoms with E-state index in [0.717, 1.165) is 30.3 Å². The molecule has 0 amide bonds. The van der Waals surface area contributed by atoms with Crippen molar-refractivity contribution in [1.29, 1.82) is 0 Å². The summed E-state index contributed by atoms with van der Waals surface area (Å²) in [6.45, 7) is 5.90. The van der Waals surface area contributed by atoms with Gasteiger partial charge in [-0.15, -0.1) is 0 Å². The van der Waals surface area contributed by atoms with Crippen LogP contribution in [0.2, 0.25) is 0 Å². The summed E-state index contributed by atoms with van der Waals surface area (Å²) in [6.07, 6.45) is 2.11. The quantitative estimate of drug-likeness (QED) is 0.605. The van der Waals surface area contributed by atoms with Crippen molar-refractivity contribution in [2.45, 2.75) is 39.7 Å². The normalized spacial score (nSPS) is 28.8. The Balaban J connectivity index is 2.97. The van der Waals surface area contributed by atoms with Gasteiger partial charge in [0.25, 0.3) is 0 Å². The van der Waals surface area contributed by atoms with Crippen molar-refractivity contribution < 1.29 is 9.90 Å². The molecule has 0 aromatic carbocycles. The Morgan fingerprint density at radius 1 is 1.58 bits per heavy atom. The standard InChI is InChI=1S/C10H16O2/c1-7-8(6-11)4-5-10(2,3)9(7)12/h6,9,12H,4-5H2,1-3H3. The predicted octanol–water partition coefficient (Wildman–Crippen LogP) is 1.68. The number of aliphatic hydroxyl groups excluding tert-OH is 1. The third-order valence-corrected chi connectivity index (χ3v) is 2.84. The molecular weight excluding hydrogens is 152 g/mol. The van der Waals surface area contributed by atoms with Crippen LogP contribution in [0.5, 0.6) is 0 Å². The summed E-state index contributed by atoms with van der Waals surface area (Å²) in [4.78, 5) is 10.6. The molecule has 1 aliphatic rings. The van der Waals surface area contributed by atoms with Crippen molar-refractivity contribution in [3.8, 4) is 0 Å². The predicted molar refractivity (Wildman–Crippen MR) is 47.8 cm³/mol. The molecule has 0 bridgehead atoms. The summed E-state index contributed by atoms with van der Waals surface area (Å²) in [7, 11) is 0. The van der Waals surface area contributed by atoms with Crippen LogP contribution in [0.1, 0.15) is 33.6 Å². The average Bonchev–Trinajstić information content (AvgIpc) is 2.01. The van der Waals surface area contributed by atoms with Gasteiger partial charge in [0.05, 0.1) is 6.10 Å². The van der Waals surface area contributed by atoms with E-state index in [0.29, 0.717) is 0 Å². The van der Waals surface area contributed by atoms with E-state index < -0.39 is 6.10 Å². The zero-order valence-corrected chi connectivity index (χ0v) is 7.92. The maximum atomic E-state index is 10.6. The zero-order chi connectivity index (χ0) is 9.35. The fourth-order valence-electron chi connectivity index (χ4n) is 1.70. The first-order valence-electron chi connectivity index (χ1n) is 4.32. The van der Waals surface area contributed by atoms with Crippen LogP contribution >= 0.6 is 0 Å². The van der Waals surface area contributed by atoms with Crippen molar-refractivity contribution in [2.24, 2.45) is 5.41 Å². The second-order valence-corrected chi connectivity index (χ2v) is 4.22. The molecule has 1 rings (SSSR count). The monoisotopic (exact) mass is 168 g/mol. The third-order valence-electron chi connectivity index (χ3n) is 2.84. The summed E-state index contributed by atoms with van der Waals surface area (Å²) < 4.78 is 0. The van der Waals surface area contributed by atoms with Crippen molar-refractivity contribution in [3.63, 3.8) is 0 Å². The highest BCUT2D eigenvalue weighted by Gasteiger charge is 2.33. The van der Waals surface area contributed by atoms with Gasteiger partial charge in [0, 0.05) is 0 Å². The van der Waals surface area contributed by atoms with E-state index in [2.05, 4.69) is 0 Å². The minimum absolute atomic E-state index is 0.0728. The van der Waals surface area contributed by atoms with E-state index in [4.69, 9.17) is 0 Å². The smallest absolute Gasteiger partial charge is 0.146 e. The maximum Gasteiger partial charge on any atom is 0.146 e. The SMILES string of the molecule is CC1=C(C=O)CCC(C)(C)C1O. The molecule has 0 saturated heterocycles. The molecule has 0 radical (unpaired) electrons. The molecule has 1 atom stereocenters. The highest BCUT2D eigenvalue weighted by Crippen LogP contribution is 2.37. The molecule has 2 heteroatoms. The van der Waals surface area contributed by atoms with Crippen LogP contribution in [0, 0.1) is 5.41 Å². The number of carbonyl (C=O) groups excluding carboxylic acids is 1. The highest BCUT2D eigenvalue weighted by molar-refractivity contribution is 5.75. The van der Waals surface area contributed by atoms with Gasteiger partial charge in [-0.2, -0.15) is 0 Å². The van der Waals surface area contributed by atoms with Crippen LogP contribution in [0.4, 0.5) is 0 Å². The summed E-state index contributed by atoms with van der Waals surface area (Å²) in [6, 6.07) is 0. The maximum absolute atomic E-state index is 10.6. The van der Waals surface area contributed by atoms with Gasteiger partial charge in [0.15, 0.2) is 0 Å². The van der Waals surface area contributed by atoms with Crippen molar-refractivity contribution in [1.82, 2.24) is 0 Å². The fourth-order valence-corrected chi connectivity index (χ4v) is 1.70. The number of aldehydes is 1. The number of aliphatic hydroxyl groups is 1. The molecule has 0 aliphatic heterocycles. The molecule has 68 valence electrons. The van der Waals surface area contributed by atoms with Gasteiger partial charge in [-0.25, -0.2) is 0 Å². The van der Waals surface area contributed by atoms with Gasteiger partial charge in [0.1, 0.15) is 6.29 Å². The average molecular weight is 168 g/mol. The first kappa shape index (κ1) is 9.46. The Morgan fingerprint density at radius 2 is 2.17 bits per heavy atom. The molecular formula is C10H16O2. The van der Waals surface area contributed by atoms with Gasteiger partial charge in [-0.3, -0.25) is 4.79 Å². The van der Waals surface area contributed by atoms with Crippen LogP contribution in [0.15, 0.2) is 11.1 Å². The second kappa shape index (κ2) is 3.02. The van der Waals surface area contributed by atoms with Gasteiger partial charge in [-0.1, -0.05) is 13.8 Å². The molecule has 2 nitrogen and oxygen atoms in total. The lowest BCUT2D eigenvalue weighted by Gasteiger charge is -2.36. The topological polar surface area (TPSA) is 37.3 Å². The highest BCUT2D eigenvalue weighted by atomic mass is 16.3. The summed E-state index contributed by atoms with van der Waals surface area (Å²) in [5.74, 6) is 0. The zero-order valence-electron chi connectivity index (χ0n) is 7.92. The minimum Gasteiger partial charge on any atom is -0.388 e. The lowest BCUT2D eigenvalue weighted by molar-refractivity contribution is -0.105. The van der Waals surface area contributed by atoms with E-state index in [-0.39, 0.29) is 5.41 Å². The summed E-state index contributed by atoms with van der Waals surface area (Å²) in [5, 5.41) is 9.79. The first-order valence-corrected chi connectivity index (χ1v) is 4.32. The molecule has 0 aromatic heterocycles. The molecule has 1 N–H and O–H groups in total. The molecule has 0 fully saturated rings. The minimum atomic E-state index is -0.452. The van der Waals surface area contributed by atoms with E-state index in [1.54, 1.807) is 0 Å². The van der Waals surface area contributed by atoms with Crippen molar-refractivity contribution in [3.05, 3.63) is 11.1 Å². The molecule has 0 spiro atoms. The Bertz CT molecular complexity index is 226. The molecule has 0 aromatic rings. The Kier molecular flexibility index (Phi) is 2.38. The number of rotatable bonds is 1. The lowest BCUT2D eigenvalue weighted by atomic mass is 9.72. The Morgan fingerprint density at radius 3 is 2.67 bits per heavy atom. The van der Waals surface area contributed by atoms with E-state index in [1.807, 2.05) is 20.8 Å². The van der Waals surface area contributed by atoms with Crippen LogP contribution in [0.25, 0.3) is 0 Å². The van der Waals surface area contributed by atoms with Gasteiger partial charge in [-0.05, 0) is 36.3 Å². The molecule has 1 aliphatic carbocycles. The summed E-state index contributed by atoms with van der Waals surface area (Å²) >= 11 is 0. The number of hydrogen-bond donors (Lipinski definition) is 1. The van der Waals surface area contributed by atoms with E-state index in [9.17, 15) is 9.90 Å². The van der Waals surface area contributed by atoms with E-state index >= 15 is 0 Å². The Hall–Kier alpha value is -0.630. The fraction of sp³-hybridized carbons (Fsp3) is 0.700. The number of hydrogen-bond acceptors (Lipinski definition) is 2. The largest absolute Gasteiger partial charge is 0.388 e. The summed E-state index contributed by atoms with van der Waals surface area (Å²) in [5.41, 5.74) is 1.56. The molecule has 0 saturated carbocycles. The van der Waals surface area contributed by atoms with Gasteiger partial charge >= 0.3 is 0 Å². The van der Waals surface area contributed by atoms with Crippen LogP contribution in [-0.2, 0) is 4.79 Å². The van der Waals surface area contributed by atoms with Crippen LogP contribution in [-0.4, -0.2) is 17.5 Å². The van der Waals surface area contributed by atoms with Crippen LogP contribution in [0.3, 0.4) is 0 Å². The first-order chi connectivity index (χ1) is 5.49. The molecule has 0 heterocycles. The van der Waals surface area contributed by atoms with Crippen molar-refractivity contribution >= 4 is 6.29 Å². The Labute approximate surface area is 73.3 Å². The second-order valence-electron chi connectivity index (χ2n) is 4.22. The van der Waals surface area contributed by atoms with Crippen molar-refractivity contribution in [2.75, 3.05) is 0 Å². The number of carbonyl (C=O) groups is 1. The van der Waals surface area contributed by atoms with Gasteiger partial charge in [0.2, 0.25) is 0 Å². The van der Waals surface area contributed by atoms with E-state index in [1.165, 1.54) is 0 Å².